The van der Waals surface area contributed by atoms with Gasteiger partial charge in [-0.05, 0) is 31.0 Å². The molecule has 1 saturated heterocycles. The van der Waals surface area contributed by atoms with E-state index in [1.165, 1.54) is 17.4 Å². The first-order valence-corrected chi connectivity index (χ1v) is 9.84. The molecule has 0 unspecified atom stereocenters. The molecule has 9 heteroatoms. The Morgan fingerprint density at radius 1 is 1.27 bits per heavy atom. The smallest absolute Gasteiger partial charge is 0.254 e. The van der Waals surface area contributed by atoms with Crippen LogP contribution in [0.2, 0.25) is 10.0 Å². The molecule has 0 saturated carbocycles. The molecule has 2 amide bonds. The van der Waals surface area contributed by atoms with Crippen molar-refractivity contribution in [2.75, 3.05) is 11.9 Å². The molecule has 2 heterocycles. The van der Waals surface area contributed by atoms with E-state index in [-0.39, 0.29) is 17.7 Å². The van der Waals surface area contributed by atoms with E-state index in [1.807, 2.05) is 13.8 Å². The summed E-state index contributed by atoms with van der Waals surface area (Å²) in [4.78, 5) is 27.0. The van der Waals surface area contributed by atoms with Gasteiger partial charge in [0.15, 0.2) is 0 Å². The number of amides is 2. The van der Waals surface area contributed by atoms with Gasteiger partial charge in [-0.3, -0.25) is 14.9 Å². The van der Waals surface area contributed by atoms with Crippen molar-refractivity contribution in [3.05, 3.63) is 38.8 Å². The van der Waals surface area contributed by atoms with E-state index in [0.29, 0.717) is 33.7 Å². The van der Waals surface area contributed by atoms with Crippen LogP contribution < -0.4 is 5.32 Å². The van der Waals surface area contributed by atoms with Crippen molar-refractivity contribution < 1.29 is 9.59 Å². The lowest BCUT2D eigenvalue weighted by Gasteiger charge is -2.23. The molecule has 2 aromatic rings. The highest BCUT2D eigenvalue weighted by Gasteiger charge is 2.35. The summed E-state index contributed by atoms with van der Waals surface area (Å²) >= 11 is 13.3. The molecule has 1 N–H and O–H groups in total. The van der Waals surface area contributed by atoms with Crippen LogP contribution in [0.15, 0.2) is 18.2 Å². The third-order valence-corrected chi connectivity index (χ3v) is 6.03. The van der Waals surface area contributed by atoms with Crippen LogP contribution in [0.4, 0.5) is 5.13 Å². The third-order valence-electron chi connectivity index (χ3n) is 4.15. The molecule has 0 bridgehead atoms. The normalized spacial score (nSPS) is 17.0. The highest BCUT2D eigenvalue weighted by molar-refractivity contribution is 7.15. The highest BCUT2D eigenvalue weighted by Crippen LogP contribution is 2.27. The topological polar surface area (TPSA) is 75.2 Å². The number of anilines is 1. The molecule has 1 aliphatic heterocycles. The largest absolute Gasteiger partial charge is 0.327 e. The van der Waals surface area contributed by atoms with E-state index in [0.717, 1.165) is 11.4 Å². The standard InChI is InChI=1S/C17H18Cl2N4O2S/c1-9(2)15-21-22-17(26-15)20-14(24)13-4-3-7-23(13)16(25)10-5-6-11(18)12(19)8-10/h5-6,8-9,13H,3-4,7H2,1-2H3,(H,20,22,24)/t13-/m0/s1. The summed E-state index contributed by atoms with van der Waals surface area (Å²) in [5, 5.41) is 12.8. The van der Waals surface area contributed by atoms with Crippen LogP contribution in [0.5, 0.6) is 0 Å². The van der Waals surface area contributed by atoms with Crippen LogP contribution in [0.3, 0.4) is 0 Å². The molecule has 26 heavy (non-hydrogen) atoms. The van der Waals surface area contributed by atoms with Crippen molar-refractivity contribution in [3.8, 4) is 0 Å². The lowest BCUT2D eigenvalue weighted by atomic mass is 10.1. The molecule has 1 aromatic carbocycles. The van der Waals surface area contributed by atoms with Gasteiger partial charge in [0.2, 0.25) is 11.0 Å². The van der Waals surface area contributed by atoms with E-state index in [9.17, 15) is 9.59 Å². The SMILES string of the molecule is CC(C)c1nnc(NC(=O)[C@@H]2CCCN2C(=O)c2ccc(Cl)c(Cl)c2)s1. The fourth-order valence-corrected chi connectivity index (χ4v) is 3.83. The second-order valence-corrected chi connectivity index (χ2v) is 8.20. The zero-order valence-corrected chi connectivity index (χ0v) is 16.7. The fraction of sp³-hybridized carbons (Fsp3) is 0.412. The van der Waals surface area contributed by atoms with Gasteiger partial charge in [-0.25, -0.2) is 0 Å². The number of nitrogens with zero attached hydrogens (tertiary/aromatic N) is 3. The van der Waals surface area contributed by atoms with Gasteiger partial charge in [-0.1, -0.05) is 48.4 Å². The van der Waals surface area contributed by atoms with Gasteiger partial charge in [-0.2, -0.15) is 0 Å². The molecule has 0 radical (unpaired) electrons. The summed E-state index contributed by atoms with van der Waals surface area (Å²) in [5.41, 5.74) is 0.414. The maximum absolute atomic E-state index is 12.8. The molecule has 1 aliphatic rings. The minimum absolute atomic E-state index is 0.235. The number of hydrogen-bond acceptors (Lipinski definition) is 5. The van der Waals surface area contributed by atoms with Crippen LogP contribution in [0, 0.1) is 0 Å². The Balaban J connectivity index is 1.73. The van der Waals surface area contributed by atoms with E-state index in [1.54, 1.807) is 17.0 Å². The Hall–Kier alpha value is -1.70. The Morgan fingerprint density at radius 2 is 2.04 bits per heavy atom. The zero-order chi connectivity index (χ0) is 18.8. The van der Waals surface area contributed by atoms with Gasteiger partial charge < -0.3 is 4.90 Å². The van der Waals surface area contributed by atoms with Crippen molar-refractivity contribution in [1.29, 1.82) is 0 Å². The summed E-state index contributed by atoms with van der Waals surface area (Å²) < 4.78 is 0. The van der Waals surface area contributed by atoms with Crippen molar-refractivity contribution in [3.63, 3.8) is 0 Å². The molecule has 6 nitrogen and oxygen atoms in total. The first-order valence-electron chi connectivity index (χ1n) is 8.27. The zero-order valence-electron chi connectivity index (χ0n) is 14.3. The molecule has 0 aliphatic carbocycles. The van der Waals surface area contributed by atoms with E-state index in [2.05, 4.69) is 15.5 Å². The van der Waals surface area contributed by atoms with Crippen molar-refractivity contribution in [2.45, 2.75) is 38.6 Å². The molecule has 3 rings (SSSR count). The molecule has 1 fully saturated rings. The summed E-state index contributed by atoms with van der Waals surface area (Å²) in [6, 6.07) is 4.18. The van der Waals surface area contributed by atoms with Crippen LogP contribution in [-0.4, -0.2) is 39.5 Å². The summed E-state index contributed by atoms with van der Waals surface area (Å²) in [5.74, 6) is -0.235. The number of benzene rings is 1. The first-order chi connectivity index (χ1) is 12.4. The molecule has 1 atom stereocenters. The number of rotatable bonds is 4. The van der Waals surface area contributed by atoms with E-state index >= 15 is 0 Å². The number of nitrogens with one attached hydrogen (secondary N) is 1. The van der Waals surface area contributed by atoms with Gasteiger partial charge >= 0.3 is 0 Å². The van der Waals surface area contributed by atoms with Gasteiger partial charge in [0, 0.05) is 18.0 Å². The van der Waals surface area contributed by atoms with E-state index in [4.69, 9.17) is 23.2 Å². The van der Waals surface area contributed by atoms with E-state index < -0.39 is 6.04 Å². The van der Waals surface area contributed by atoms with Crippen LogP contribution >= 0.6 is 34.5 Å². The Bertz CT molecular complexity index is 840. The predicted molar refractivity (Wildman–Crippen MR) is 103 cm³/mol. The van der Waals surface area contributed by atoms with Gasteiger partial charge in [-0.15, -0.1) is 10.2 Å². The monoisotopic (exact) mass is 412 g/mol. The minimum Gasteiger partial charge on any atom is -0.327 e. The average Bonchev–Trinajstić information content (AvgIpc) is 3.25. The number of hydrogen-bond donors (Lipinski definition) is 1. The molecule has 0 spiro atoms. The first kappa shape index (κ1) is 19.1. The summed E-state index contributed by atoms with van der Waals surface area (Å²) in [6.45, 7) is 4.55. The number of carbonyl (C=O) groups is 2. The van der Waals surface area contributed by atoms with Crippen LogP contribution in [-0.2, 0) is 4.79 Å². The number of aromatic nitrogens is 2. The van der Waals surface area contributed by atoms with Crippen molar-refractivity contribution >= 4 is 51.5 Å². The second-order valence-electron chi connectivity index (χ2n) is 6.37. The van der Waals surface area contributed by atoms with Gasteiger partial charge in [0.05, 0.1) is 10.0 Å². The average molecular weight is 413 g/mol. The quantitative estimate of drug-likeness (QED) is 0.815. The Labute approximate surface area is 165 Å². The number of halogens is 2. The maximum Gasteiger partial charge on any atom is 0.254 e. The molecular formula is C17H18Cl2N4O2S. The van der Waals surface area contributed by atoms with Gasteiger partial charge in [0.1, 0.15) is 11.0 Å². The van der Waals surface area contributed by atoms with Crippen LogP contribution in [0.25, 0.3) is 0 Å². The highest BCUT2D eigenvalue weighted by atomic mass is 35.5. The van der Waals surface area contributed by atoms with Crippen molar-refractivity contribution in [1.82, 2.24) is 15.1 Å². The molecule has 138 valence electrons. The Kier molecular flexibility index (Phi) is 5.79. The summed E-state index contributed by atoms with van der Waals surface area (Å²) in [7, 11) is 0. The summed E-state index contributed by atoms with van der Waals surface area (Å²) in [6.07, 6.45) is 1.37. The lowest BCUT2D eigenvalue weighted by molar-refractivity contribution is -0.119. The predicted octanol–water partition coefficient (Wildman–Crippen LogP) is 4.21. The minimum atomic E-state index is -0.539. The van der Waals surface area contributed by atoms with Crippen molar-refractivity contribution in [2.24, 2.45) is 0 Å². The molecular weight excluding hydrogens is 395 g/mol. The Morgan fingerprint density at radius 3 is 2.69 bits per heavy atom. The van der Waals surface area contributed by atoms with Gasteiger partial charge in [0.25, 0.3) is 5.91 Å². The lowest BCUT2D eigenvalue weighted by Crippen LogP contribution is -2.43. The fourth-order valence-electron chi connectivity index (χ4n) is 2.78. The number of likely N-dealkylation sites (tertiary alicyclic amines) is 1. The third kappa shape index (κ3) is 4.00. The maximum atomic E-state index is 12.8. The second kappa shape index (κ2) is 7.90. The number of carbonyl (C=O) groups excluding carboxylic acids is 2. The molecule has 1 aromatic heterocycles. The van der Waals surface area contributed by atoms with Crippen LogP contribution in [0.1, 0.15) is 48.0 Å².